The fraction of sp³-hybridized carbons (Fsp3) is 0.500. The quantitative estimate of drug-likeness (QED) is 0.415. The van der Waals surface area contributed by atoms with E-state index in [1.54, 1.807) is 6.07 Å². The van der Waals surface area contributed by atoms with Gasteiger partial charge in [-0.15, -0.1) is 0 Å². The van der Waals surface area contributed by atoms with Gasteiger partial charge >= 0.3 is 16.8 Å². The summed E-state index contributed by atoms with van der Waals surface area (Å²) in [6.07, 6.45) is 0. The van der Waals surface area contributed by atoms with E-state index in [-0.39, 0.29) is 16.8 Å². The van der Waals surface area contributed by atoms with Crippen molar-refractivity contribution in [3.63, 3.8) is 0 Å². The standard InChI is InChI=1S/C2H3N.Co.2NO3/c1-2-3;;2*2-1(3)4/h1H3;;;/q;+2;2*-1. The summed E-state index contributed by atoms with van der Waals surface area (Å²) in [4.78, 5) is 16.5. The number of rotatable bonds is 0. The molecule has 9 nitrogen and oxygen atoms in total. The fourth-order valence-electron chi connectivity index (χ4n) is 0. The van der Waals surface area contributed by atoms with Gasteiger partial charge in [0.2, 0.25) is 0 Å². The van der Waals surface area contributed by atoms with Crippen LogP contribution in [0.1, 0.15) is 6.92 Å². The van der Waals surface area contributed by atoms with Gasteiger partial charge in [-0.25, -0.2) is 0 Å². The molecule has 0 aromatic heterocycles. The maximum atomic E-state index is 8.25. The van der Waals surface area contributed by atoms with Gasteiger partial charge in [0.05, 0.1) is 16.2 Å². The van der Waals surface area contributed by atoms with Crippen LogP contribution in [0, 0.1) is 42.0 Å². The first-order valence-electron chi connectivity index (χ1n) is 1.82. The molecule has 0 heterocycles. The van der Waals surface area contributed by atoms with Crippen molar-refractivity contribution in [1.29, 1.82) is 5.26 Å². The molecule has 0 saturated carbocycles. The summed E-state index contributed by atoms with van der Waals surface area (Å²) >= 11 is 0. The Morgan fingerprint density at radius 2 is 1.08 bits per heavy atom. The zero-order valence-electron chi connectivity index (χ0n) is 5.62. The summed E-state index contributed by atoms with van der Waals surface area (Å²) in [7, 11) is 0. The molecule has 0 aliphatic rings. The summed E-state index contributed by atoms with van der Waals surface area (Å²) < 4.78 is 0. The topological polar surface area (TPSA) is 156 Å². The van der Waals surface area contributed by atoms with E-state index in [0.717, 1.165) is 0 Å². The molecule has 0 spiro atoms. The van der Waals surface area contributed by atoms with Crippen LogP contribution in [-0.4, -0.2) is 10.2 Å². The molecule has 0 N–H and O–H groups in total. The van der Waals surface area contributed by atoms with Crippen molar-refractivity contribution in [1.82, 2.24) is 0 Å². The van der Waals surface area contributed by atoms with E-state index in [4.69, 9.17) is 35.9 Å². The second-order valence-electron chi connectivity index (χ2n) is 0.671. The molecule has 0 bridgehead atoms. The van der Waals surface area contributed by atoms with Crippen LogP contribution in [0.2, 0.25) is 0 Å². The predicted octanol–water partition coefficient (Wildman–Crippen LogP) is 0.0492. The third-order valence-corrected chi connectivity index (χ3v) is 0. The molecule has 1 radical (unpaired) electrons. The molecule has 0 fully saturated rings. The molecule has 0 aliphatic heterocycles. The molecule has 0 aromatic carbocycles. The first kappa shape index (κ1) is 22.4. The third-order valence-electron chi connectivity index (χ3n) is 0. The van der Waals surface area contributed by atoms with Crippen LogP contribution in [0.4, 0.5) is 0 Å². The average molecular weight is 224 g/mol. The van der Waals surface area contributed by atoms with Crippen molar-refractivity contribution in [2.24, 2.45) is 0 Å². The predicted molar refractivity (Wildman–Crippen MR) is 32.0 cm³/mol. The van der Waals surface area contributed by atoms with Crippen molar-refractivity contribution in [2.45, 2.75) is 6.92 Å². The van der Waals surface area contributed by atoms with Gasteiger partial charge in [-0.05, 0) is 0 Å². The second kappa shape index (κ2) is 22.7. The van der Waals surface area contributed by atoms with Crippen LogP contribution >= 0.6 is 0 Å². The summed E-state index contributed by atoms with van der Waals surface area (Å²) in [5.41, 5.74) is 0. The van der Waals surface area contributed by atoms with E-state index in [2.05, 4.69) is 0 Å². The Hall–Kier alpha value is -1.60. The molecule has 71 valence electrons. The largest absolute Gasteiger partial charge is 2.00 e. The first-order valence-corrected chi connectivity index (χ1v) is 1.82. The van der Waals surface area contributed by atoms with E-state index in [1.807, 2.05) is 0 Å². The van der Waals surface area contributed by atoms with Crippen LogP contribution < -0.4 is 0 Å². The number of nitrogens with zero attached hydrogens (tertiary/aromatic N) is 3. The van der Waals surface area contributed by atoms with Gasteiger partial charge in [0.25, 0.3) is 0 Å². The monoisotopic (exact) mass is 224 g/mol. The van der Waals surface area contributed by atoms with Gasteiger partial charge in [0.15, 0.2) is 0 Å². The van der Waals surface area contributed by atoms with Crippen molar-refractivity contribution in [2.75, 3.05) is 0 Å². The second-order valence-corrected chi connectivity index (χ2v) is 0.671. The Kier molecular flexibility index (Phi) is 42.5. The van der Waals surface area contributed by atoms with E-state index in [0.29, 0.717) is 0 Å². The smallest absolute Gasteiger partial charge is 0.356 e. The minimum absolute atomic E-state index is 0. The zero-order chi connectivity index (χ0) is 9.86. The summed E-state index contributed by atoms with van der Waals surface area (Å²) in [5.74, 6) is 0. The van der Waals surface area contributed by atoms with Gasteiger partial charge in [0.1, 0.15) is 0 Å². The Balaban J connectivity index is -0.0000000389. The van der Waals surface area contributed by atoms with E-state index in [9.17, 15) is 0 Å². The van der Waals surface area contributed by atoms with Crippen LogP contribution in [0.5, 0.6) is 0 Å². The van der Waals surface area contributed by atoms with Gasteiger partial charge in [-0.3, -0.25) is 0 Å². The van der Waals surface area contributed by atoms with Crippen molar-refractivity contribution >= 4 is 0 Å². The zero-order valence-corrected chi connectivity index (χ0v) is 6.67. The number of nitriles is 1. The first-order chi connectivity index (χ1) is 4.88. The Morgan fingerprint density at radius 3 is 1.08 bits per heavy atom. The molecule has 0 aliphatic carbocycles. The maximum absolute atomic E-state index is 8.25. The Labute approximate surface area is 76.6 Å². The number of hydrogen-bond donors (Lipinski definition) is 0. The molecule has 12 heavy (non-hydrogen) atoms. The fourth-order valence-corrected chi connectivity index (χ4v) is 0. The summed E-state index contributed by atoms with van der Waals surface area (Å²) in [6.45, 7) is 1.43. The van der Waals surface area contributed by atoms with E-state index in [1.165, 1.54) is 6.92 Å². The van der Waals surface area contributed by atoms with Crippen LogP contribution in [0.25, 0.3) is 0 Å². The van der Waals surface area contributed by atoms with Crippen LogP contribution in [0.15, 0.2) is 0 Å². The molecule has 0 rings (SSSR count). The third kappa shape index (κ3) is 179. The van der Waals surface area contributed by atoms with Gasteiger partial charge in [0, 0.05) is 6.92 Å². The SMILES string of the molecule is CC#N.O=[N+]([O-])[O-].O=[N+]([O-])[O-].[Co+2]. The van der Waals surface area contributed by atoms with Gasteiger partial charge in [-0.2, -0.15) is 5.26 Å². The van der Waals surface area contributed by atoms with Crippen molar-refractivity contribution < 1.29 is 27.0 Å². The number of hydrogen-bond acceptors (Lipinski definition) is 7. The Morgan fingerprint density at radius 1 is 1.08 bits per heavy atom. The molecule has 0 saturated heterocycles. The molecule has 0 aromatic rings. The molecule has 0 unspecified atom stereocenters. The summed E-state index contributed by atoms with van der Waals surface area (Å²) in [5, 5.41) is 36.8. The van der Waals surface area contributed by atoms with Crippen molar-refractivity contribution in [3.05, 3.63) is 30.6 Å². The molecule has 0 atom stereocenters. The Bertz CT molecular complexity index is 133. The maximum Gasteiger partial charge on any atom is 2.00 e. The van der Waals surface area contributed by atoms with Crippen LogP contribution in [0.3, 0.4) is 0 Å². The minimum Gasteiger partial charge on any atom is -0.356 e. The molecule has 10 heteroatoms. The minimum atomic E-state index is -1.75. The van der Waals surface area contributed by atoms with Crippen LogP contribution in [-0.2, 0) is 16.8 Å². The molecule has 0 amide bonds. The van der Waals surface area contributed by atoms with E-state index >= 15 is 0 Å². The summed E-state index contributed by atoms with van der Waals surface area (Å²) in [6, 6.07) is 1.75. The van der Waals surface area contributed by atoms with Gasteiger partial charge in [-0.1, -0.05) is 0 Å². The average Bonchev–Trinajstić information content (AvgIpc) is 1.60. The van der Waals surface area contributed by atoms with Gasteiger partial charge < -0.3 is 30.6 Å². The van der Waals surface area contributed by atoms with Crippen molar-refractivity contribution in [3.8, 4) is 6.07 Å². The molecular weight excluding hydrogens is 221 g/mol. The normalized spacial score (nSPS) is 4.67. The van der Waals surface area contributed by atoms with E-state index < -0.39 is 10.2 Å². The molecular formula is C2H3CoN3O6.